The molecule has 0 spiro atoms. The van der Waals surface area contributed by atoms with Crippen molar-refractivity contribution in [3.8, 4) is 0 Å². The first-order valence-electron chi connectivity index (χ1n) is 5.39. The number of nitrogens with one attached hydrogen (secondary N) is 1. The second kappa shape index (κ2) is 6.65. The van der Waals surface area contributed by atoms with Crippen molar-refractivity contribution in [3.63, 3.8) is 0 Å². The molecule has 1 aromatic rings. The Balaban J connectivity index is 2.91. The van der Waals surface area contributed by atoms with Gasteiger partial charge in [-0.25, -0.2) is 4.98 Å². The summed E-state index contributed by atoms with van der Waals surface area (Å²) < 4.78 is 0.487. The van der Waals surface area contributed by atoms with E-state index in [4.69, 9.17) is 5.73 Å². The Morgan fingerprint density at radius 2 is 2.31 bits per heavy atom. The number of aromatic nitrogens is 2. The molecule has 1 rings (SSSR count). The Kier molecular flexibility index (Phi) is 5.48. The molecule has 0 radical (unpaired) electrons. The summed E-state index contributed by atoms with van der Waals surface area (Å²) in [6.07, 6.45) is 3.32. The average Bonchev–Trinajstić information content (AvgIpc) is 2.28. The van der Waals surface area contributed by atoms with Crippen molar-refractivity contribution in [2.75, 3.05) is 24.5 Å². The molecule has 0 amide bonds. The minimum atomic E-state index is -0.154. The fraction of sp³-hybridized carbons (Fsp3) is 0.600. The number of rotatable bonds is 6. The van der Waals surface area contributed by atoms with Crippen molar-refractivity contribution in [3.05, 3.63) is 21.2 Å². The molecule has 90 valence electrons. The highest BCUT2D eigenvalue weighted by Gasteiger charge is 2.12. The molecule has 16 heavy (non-hydrogen) atoms. The van der Waals surface area contributed by atoms with Gasteiger partial charge >= 0.3 is 0 Å². The van der Waals surface area contributed by atoms with E-state index < -0.39 is 0 Å². The lowest BCUT2D eigenvalue weighted by atomic mass is 10.3. The Hall–Kier alpha value is -0.880. The largest absolute Gasteiger partial charge is 0.355 e. The Labute approximate surface area is 103 Å². The number of halogens is 1. The smallest absolute Gasteiger partial charge is 0.267 e. The molecule has 0 aromatic carbocycles. The lowest BCUT2D eigenvalue weighted by Gasteiger charge is -2.23. The molecule has 5 nitrogen and oxygen atoms in total. The fourth-order valence-corrected chi connectivity index (χ4v) is 1.94. The standard InChI is InChI=1S/C10H17BrN4O/c1-2-5-15(6-3-4-12)9-8(11)10(16)14-7-13-9/h7H,2-6,12H2,1H3,(H,13,14,16). The van der Waals surface area contributed by atoms with Crippen LogP contribution in [0.4, 0.5) is 5.82 Å². The summed E-state index contributed by atoms with van der Waals surface area (Å²) >= 11 is 3.26. The van der Waals surface area contributed by atoms with Crippen LogP contribution < -0.4 is 16.2 Å². The van der Waals surface area contributed by atoms with Gasteiger partial charge in [-0.2, -0.15) is 0 Å². The average molecular weight is 289 g/mol. The van der Waals surface area contributed by atoms with Gasteiger partial charge in [-0.05, 0) is 35.3 Å². The van der Waals surface area contributed by atoms with Crippen LogP contribution in [-0.2, 0) is 0 Å². The maximum atomic E-state index is 11.4. The van der Waals surface area contributed by atoms with Crippen LogP contribution in [0.3, 0.4) is 0 Å². The van der Waals surface area contributed by atoms with Gasteiger partial charge in [-0.1, -0.05) is 6.92 Å². The van der Waals surface area contributed by atoms with Crippen molar-refractivity contribution >= 4 is 21.7 Å². The van der Waals surface area contributed by atoms with Crippen LogP contribution >= 0.6 is 15.9 Å². The zero-order chi connectivity index (χ0) is 12.0. The highest BCUT2D eigenvalue weighted by Crippen LogP contribution is 2.19. The summed E-state index contributed by atoms with van der Waals surface area (Å²) in [6, 6.07) is 0. The molecule has 0 saturated heterocycles. The monoisotopic (exact) mass is 288 g/mol. The molecule has 3 N–H and O–H groups in total. The van der Waals surface area contributed by atoms with Gasteiger partial charge in [0.25, 0.3) is 5.56 Å². The van der Waals surface area contributed by atoms with Crippen molar-refractivity contribution in [1.82, 2.24) is 9.97 Å². The molecule has 1 aromatic heterocycles. The highest BCUT2D eigenvalue weighted by atomic mass is 79.9. The fourth-order valence-electron chi connectivity index (χ4n) is 1.47. The van der Waals surface area contributed by atoms with Gasteiger partial charge in [-0.15, -0.1) is 0 Å². The van der Waals surface area contributed by atoms with Crippen LogP contribution in [0.25, 0.3) is 0 Å². The van der Waals surface area contributed by atoms with Gasteiger partial charge in [0.1, 0.15) is 10.3 Å². The number of nitrogens with zero attached hydrogens (tertiary/aromatic N) is 2. The minimum absolute atomic E-state index is 0.154. The predicted molar refractivity (Wildman–Crippen MR) is 68.7 cm³/mol. The van der Waals surface area contributed by atoms with Crippen LogP contribution in [0.15, 0.2) is 15.6 Å². The molecule has 0 aliphatic rings. The Morgan fingerprint density at radius 1 is 1.56 bits per heavy atom. The number of H-pyrrole nitrogens is 1. The third kappa shape index (κ3) is 3.31. The topological polar surface area (TPSA) is 75.0 Å². The van der Waals surface area contributed by atoms with E-state index in [1.54, 1.807) is 0 Å². The number of aromatic amines is 1. The van der Waals surface area contributed by atoms with E-state index in [0.717, 1.165) is 25.9 Å². The zero-order valence-electron chi connectivity index (χ0n) is 9.37. The predicted octanol–water partition coefficient (Wildman–Crippen LogP) is 1.10. The summed E-state index contributed by atoms with van der Waals surface area (Å²) in [7, 11) is 0. The van der Waals surface area contributed by atoms with E-state index >= 15 is 0 Å². The van der Waals surface area contributed by atoms with Crippen LogP contribution in [0, 0.1) is 0 Å². The lowest BCUT2D eigenvalue weighted by molar-refractivity contribution is 0.708. The van der Waals surface area contributed by atoms with E-state index in [1.807, 2.05) is 0 Å². The summed E-state index contributed by atoms with van der Waals surface area (Å²) in [5.41, 5.74) is 5.34. The molecule has 6 heteroatoms. The van der Waals surface area contributed by atoms with E-state index in [0.29, 0.717) is 16.8 Å². The Bertz CT molecular complexity index is 379. The number of nitrogens with two attached hydrogens (primary N) is 1. The number of hydrogen-bond donors (Lipinski definition) is 2. The maximum absolute atomic E-state index is 11.4. The molecule has 1 heterocycles. The first kappa shape index (κ1) is 13.2. The summed E-state index contributed by atoms with van der Waals surface area (Å²) in [6.45, 7) is 4.42. The number of anilines is 1. The van der Waals surface area contributed by atoms with Gasteiger partial charge in [0, 0.05) is 13.1 Å². The van der Waals surface area contributed by atoms with Crippen molar-refractivity contribution in [2.45, 2.75) is 19.8 Å². The van der Waals surface area contributed by atoms with Gasteiger partial charge in [-0.3, -0.25) is 4.79 Å². The minimum Gasteiger partial charge on any atom is -0.355 e. The molecular weight excluding hydrogens is 272 g/mol. The van der Waals surface area contributed by atoms with Gasteiger partial charge in [0.05, 0.1) is 6.33 Å². The highest BCUT2D eigenvalue weighted by molar-refractivity contribution is 9.10. The molecular formula is C10H17BrN4O. The second-order valence-electron chi connectivity index (χ2n) is 3.50. The molecule has 0 fully saturated rings. The molecule has 0 aliphatic heterocycles. The van der Waals surface area contributed by atoms with Crippen LogP contribution in [-0.4, -0.2) is 29.6 Å². The lowest BCUT2D eigenvalue weighted by Crippen LogP contribution is -2.29. The first-order chi connectivity index (χ1) is 7.70. The normalized spacial score (nSPS) is 10.4. The van der Waals surface area contributed by atoms with E-state index in [1.165, 1.54) is 6.33 Å². The Morgan fingerprint density at radius 3 is 2.94 bits per heavy atom. The van der Waals surface area contributed by atoms with Crippen LogP contribution in [0.2, 0.25) is 0 Å². The third-order valence-electron chi connectivity index (χ3n) is 2.20. The molecule has 0 bridgehead atoms. The SMILES string of the molecule is CCCN(CCCN)c1nc[nH]c(=O)c1Br. The van der Waals surface area contributed by atoms with Crippen molar-refractivity contribution < 1.29 is 0 Å². The van der Waals surface area contributed by atoms with E-state index in [9.17, 15) is 4.79 Å². The molecule has 0 saturated carbocycles. The van der Waals surface area contributed by atoms with Gasteiger partial charge in [0.15, 0.2) is 0 Å². The van der Waals surface area contributed by atoms with Gasteiger partial charge in [0.2, 0.25) is 0 Å². The maximum Gasteiger partial charge on any atom is 0.267 e. The quantitative estimate of drug-likeness (QED) is 0.822. The first-order valence-corrected chi connectivity index (χ1v) is 6.18. The summed E-state index contributed by atoms with van der Waals surface area (Å²) in [5.74, 6) is 0.694. The van der Waals surface area contributed by atoms with Crippen LogP contribution in [0.5, 0.6) is 0 Å². The van der Waals surface area contributed by atoms with E-state index in [2.05, 4.69) is 37.7 Å². The zero-order valence-corrected chi connectivity index (χ0v) is 11.0. The van der Waals surface area contributed by atoms with Crippen LogP contribution in [0.1, 0.15) is 19.8 Å². The molecule has 0 atom stereocenters. The van der Waals surface area contributed by atoms with E-state index in [-0.39, 0.29) is 5.56 Å². The summed E-state index contributed by atoms with van der Waals surface area (Å²) in [5, 5.41) is 0. The number of hydrogen-bond acceptors (Lipinski definition) is 4. The van der Waals surface area contributed by atoms with Crippen molar-refractivity contribution in [2.24, 2.45) is 5.73 Å². The third-order valence-corrected chi connectivity index (χ3v) is 2.92. The molecule has 0 unspecified atom stereocenters. The van der Waals surface area contributed by atoms with Gasteiger partial charge < -0.3 is 15.6 Å². The summed E-state index contributed by atoms with van der Waals surface area (Å²) in [4.78, 5) is 20.2. The molecule has 0 aliphatic carbocycles. The second-order valence-corrected chi connectivity index (χ2v) is 4.29. The van der Waals surface area contributed by atoms with Crippen molar-refractivity contribution in [1.29, 1.82) is 0 Å².